The van der Waals surface area contributed by atoms with Gasteiger partial charge in [-0.05, 0) is 12.8 Å². The van der Waals surface area contributed by atoms with Crippen molar-refractivity contribution < 1.29 is 23.1 Å². The average molecular weight is 197 g/mol. The molecule has 1 saturated carbocycles. The maximum atomic E-state index is 11.7. The molecule has 0 radical (unpaired) electrons. The van der Waals surface area contributed by atoms with Crippen molar-refractivity contribution in [1.82, 2.24) is 5.32 Å². The summed E-state index contributed by atoms with van der Waals surface area (Å²) in [4.78, 5) is 10.4. The van der Waals surface area contributed by atoms with Crippen LogP contribution in [0, 0.1) is 5.92 Å². The molecule has 6 heteroatoms. The van der Waals surface area contributed by atoms with Gasteiger partial charge in [0.1, 0.15) is 0 Å². The molecule has 0 aliphatic heterocycles. The highest BCUT2D eigenvalue weighted by Gasteiger charge is 2.38. The number of carbonyl (C=O) groups is 1. The highest BCUT2D eigenvalue weighted by atomic mass is 19.4. The molecule has 2 N–H and O–H groups in total. The van der Waals surface area contributed by atoms with Gasteiger partial charge in [0.05, 0.1) is 12.5 Å². The normalized spacial score (nSPS) is 28.2. The van der Waals surface area contributed by atoms with Crippen LogP contribution in [0.3, 0.4) is 0 Å². The zero-order chi connectivity index (χ0) is 10.1. The van der Waals surface area contributed by atoms with Crippen LogP contribution in [0.4, 0.5) is 13.2 Å². The van der Waals surface area contributed by atoms with Gasteiger partial charge >= 0.3 is 12.1 Å². The summed E-state index contributed by atoms with van der Waals surface area (Å²) in [7, 11) is 0. The van der Waals surface area contributed by atoms with Crippen molar-refractivity contribution in [1.29, 1.82) is 0 Å². The Morgan fingerprint density at radius 1 is 1.46 bits per heavy atom. The third kappa shape index (κ3) is 2.87. The van der Waals surface area contributed by atoms with Gasteiger partial charge in [-0.3, -0.25) is 4.79 Å². The zero-order valence-electron chi connectivity index (χ0n) is 6.77. The molecule has 0 saturated heterocycles. The number of aliphatic carboxylic acids is 1. The number of nitrogens with one attached hydrogen (secondary N) is 1. The van der Waals surface area contributed by atoms with Gasteiger partial charge in [0.2, 0.25) is 0 Å². The minimum atomic E-state index is -4.27. The number of rotatable bonds is 3. The fourth-order valence-corrected chi connectivity index (χ4v) is 1.29. The molecule has 0 aromatic heterocycles. The summed E-state index contributed by atoms with van der Waals surface area (Å²) in [5.41, 5.74) is 0. The second-order valence-corrected chi connectivity index (χ2v) is 3.12. The summed E-state index contributed by atoms with van der Waals surface area (Å²) in [6.45, 7) is -1.11. The van der Waals surface area contributed by atoms with Crippen LogP contribution in [0.2, 0.25) is 0 Å². The molecule has 0 aromatic rings. The molecule has 76 valence electrons. The fraction of sp³-hybridized carbons (Fsp3) is 0.857. The summed E-state index contributed by atoms with van der Waals surface area (Å²) < 4.78 is 35.1. The van der Waals surface area contributed by atoms with E-state index in [9.17, 15) is 18.0 Å². The summed E-state index contributed by atoms with van der Waals surface area (Å²) in [5, 5.41) is 10.7. The molecule has 2 atom stereocenters. The molecule has 3 nitrogen and oxygen atoms in total. The van der Waals surface area contributed by atoms with E-state index in [-0.39, 0.29) is 0 Å². The Kier molecular flexibility index (Phi) is 2.80. The molecule has 1 rings (SSSR count). The Labute approximate surface area is 72.9 Å². The van der Waals surface area contributed by atoms with E-state index in [0.29, 0.717) is 12.8 Å². The second kappa shape index (κ2) is 3.53. The Bertz CT molecular complexity index is 204. The first-order valence-corrected chi connectivity index (χ1v) is 3.93. The maximum Gasteiger partial charge on any atom is 0.401 e. The lowest BCUT2D eigenvalue weighted by molar-refractivity contribution is -0.149. The van der Waals surface area contributed by atoms with Crippen LogP contribution in [0.5, 0.6) is 0 Å². The van der Waals surface area contributed by atoms with E-state index in [4.69, 9.17) is 5.11 Å². The number of carboxylic acid groups (broad SMARTS) is 1. The Hall–Kier alpha value is -0.780. The number of alkyl halides is 3. The molecule has 2 unspecified atom stereocenters. The van der Waals surface area contributed by atoms with E-state index in [2.05, 4.69) is 5.32 Å². The SMILES string of the molecule is O=C(O)C1CCC1NCC(F)(F)F. The van der Waals surface area contributed by atoms with Crippen LogP contribution in [0.15, 0.2) is 0 Å². The van der Waals surface area contributed by atoms with Crippen molar-refractivity contribution in [2.45, 2.75) is 25.1 Å². The Balaban J connectivity index is 2.27. The number of carboxylic acids is 1. The van der Waals surface area contributed by atoms with Crippen molar-refractivity contribution in [3.8, 4) is 0 Å². The topological polar surface area (TPSA) is 49.3 Å². The molecule has 0 aromatic carbocycles. The van der Waals surface area contributed by atoms with Crippen LogP contribution in [-0.4, -0.2) is 29.8 Å². The van der Waals surface area contributed by atoms with Gasteiger partial charge in [-0.1, -0.05) is 0 Å². The minimum Gasteiger partial charge on any atom is -0.481 e. The van der Waals surface area contributed by atoms with E-state index in [1.165, 1.54) is 0 Å². The fourth-order valence-electron chi connectivity index (χ4n) is 1.29. The van der Waals surface area contributed by atoms with Crippen molar-refractivity contribution in [2.24, 2.45) is 5.92 Å². The number of hydrogen-bond donors (Lipinski definition) is 2. The lowest BCUT2D eigenvalue weighted by Gasteiger charge is -2.34. The first kappa shape index (κ1) is 10.3. The summed E-state index contributed by atoms with van der Waals surface area (Å²) in [6.07, 6.45) is -3.30. The average Bonchev–Trinajstić information content (AvgIpc) is 1.79. The van der Waals surface area contributed by atoms with Crippen molar-refractivity contribution in [3.05, 3.63) is 0 Å². The predicted molar refractivity (Wildman–Crippen MR) is 38.2 cm³/mol. The van der Waals surface area contributed by atoms with Crippen molar-refractivity contribution in [2.75, 3.05) is 6.54 Å². The molecule has 1 fully saturated rings. The van der Waals surface area contributed by atoms with Gasteiger partial charge in [0.15, 0.2) is 0 Å². The molecule has 0 bridgehead atoms. The van der Waals surface area contributed by atoms with E-state index in [1.807, 2.05) is 0 Å². The van der Waals surface area contributed by atoms with Crippen LogP contribution >= 0.6 is 0 Å². The Morgan fingerprint density at radius 3 is 2.38 bits per heavy atom. The third-order valence-electron chi connectivity index (χ3n) is 2.16. The lowest BCUT2D eigenvalue weighted by atomic mass is 9.79. The third-order valence-corrected chi connectivity index (χ3v) is 2.16. The Morgan fingerprint density at radius 2 is 2.08 bits per heavy atom. The van der Waals surface area contributed by atoms with Crippen molar-refractivity contribution in [3.63, 3.8) is 0 Å². The predicted octanol–water partition coefficient (Wildman–Crippen LogP) is 1.00. The highest BCUT2D eigenvalue weighted by molar-refractivity contribution is 5.72. The van der Waals surface area contributed by atoms with Crippen LogP contribution in [0.1, 0.15) is 12.8 Å². The molecular formula is C7H10F3NO2. The van der Waals surface area contributed by atoms with E-state index in [0.717, 1.165) is 0 Å². The monoisotopic (exact) mass is 197 g/mol. The molecule has 0 spiro atoms. The van der Waals surface area contributed by atoms with Gasteiger partial charge in [0, 0.05) is 6.04 Å². The first-order chi connectivity index (χ1) is 5.90. The summed E-state index contributed by atoms with van der Waals surface area (Å²) >= 11 is 0. The van der Waals surface area contributed by atoms with Gasteiger partial charge in [0.25, 0.3) is 0 Å². The molecule has 1 aliphatic carbocycles. The number of hydrogen-bond acceptors (Lipinski definition) is 2. The van der Waals surface area contributed by atoms with Crippen LogP contribution in [-0.2, 0) is 4.79 Å². The van der Waals surface area contributed by atoms with Crippen molar-refractivity contribution >= 4 is 5.97 Å². The highest BCUT2D eigenvalue weighted by Crippen LogP contribution is 2.28. The molecule has 1 aliphatic rings. The lowest BCUT2D eigenvalue weighted by Crippen LogP contribution is -2.50. The number of halogens is 3. The molecule has 0 heterocycles. The zero-order valence-corrected chi connectivity index (χ0v) is 6.77. The summed E-state index contributed by atoms with van der Waals surface area (Å²) in [6, 6.07) is -0.515. The standard InChI is InChI=1S/C7H10F3NO2/c8-7(9,10)3-11-5-2-1-4(5)6(12)13/h4-5,11H,1-3H2,(H,12,13). The van der Waals surface area contributed by atoms with Gasteiger partial charge in [-0.15, -0.1) is 0 Å². The van der Waals surface area contributed by atoms with Gasteiger partial charge in [-0.2, -0.15) is 13.2 Å². The second-order valence-electron chi connectivity index (χ2n) is 3.12. The largest absolute Gasteiger partial charge is 0.481 e. The van der Waals surface area contributed by atoms with Crippen LogP contribution in [0.25, 0.3) is 0 Å². The van der Waals surface area contributed by atoms with E-state index in [1.54, 1.807) is 0 Å². The molecule has 0 amide bonds. The van der Waals surface area contributed by atoms with E-state index < -0.39 is 30.7 Å². The minimum absolute atomic E-state index is 0.463. The van der Waals surface area contributed by atoms with E-state index >= 15 is 0 Å². The maximum absolute atomic E-state index is 11.7. The quantitative estimate of drug-likeness (QED) is 0.709. The smallest absolute Gasteiger partial charge is 0.401 e. The molecule has 13 heavy (non-hydrogen) atoms. The molecular weight excluding hydrogens is 187 g/mol. The van der Waals surface area contributed by atoms with Crippen LogP contribution < -0.4 is 5.32 Å². The van der Waals surface area contributed by atoms with Gasteiger partial charge < -0.3 is 10.4 Å². The first-order valence-electron chi connectivity index (χ1n) is 3.93. The van der Waals surface area contributed by atoms with Gasteiger partial charge in [-0.25, -0.2) is 0 Å². The summed E-state index contributed by atoms with van der Waals surface area (Å²) in [5.74, 6) is -1.67.